The quantitative estimate of drug-likeness (QED) is 0.489. The van der Waals surface area contributed by atoms with Gasteiger partial charge in [0.25, 0.3) is 17.5 Å². The van der Waals surface area contributed by atoms with Gasteiger partial charge in [-0.2, -0.15) is 0 Å². The number of nitrogens with zero attached hydrogens (tertiary/aromatic N) is 2. The molecule has 1 fully saturated rings. The summed E-state index contributed by atoms with van der Waals surface area (Å²) in [5, 5.41) is 11.5. The number of benzene rings is 1. The van der Waals surface area contributed by atoms with E-state index in [1.165, 1.54) is 12.1 Å². The predicted octanol–water partition coefficient (Wildman–Crippen LogP) is 3.00. The molecule has 0 saturated carbocycles. The van der Waals surface area contributed by atoms with Crippen molar-refractivity contribution in [2.45, 2.75) is 19.8 Å². The molecule has 3 rings (SSSR count). The summed E-state index contributed by atoms with van der Waals surface area (Å²) in [6.07, 6.45) is 3.53. The second kappa shape index (κ2) is 8.42. The van der Waals surface area contributed by atoms with E-state index in [1.54, 1.807) is 18.3 Å². The molecule has 2 aromatic rings. The maximum absolute atomic E-state index is 12.3. The van der Waals surface area contributed by atoms with Crippen LogP contribution in [0.25, 0.3) is 0 Å². The number of aromatic amines is 1. The van der Waals surface area contributed by atoms with Gasteiger partial charge in [-0.1, -0.05) is 6.92 Å². The summed E-state index contributed by atoms with van der Waals surface area (Å²) >= 11 is 3.22. The predicted molar refractivity (Wildman–Crippen MR) is 107 cm³/mol. The Morgan fingerprint density at radius 1 is 1.21 bits per heavy atom. The first-order chi connectivity index (χ1) is 13.3. The maximum atomic E-state index is 12.3. The monoisotopic (exact) mass is 449 g/mol. The molecule has 9 nitrogen and oxygen atoms in total. The molecule has 2 amide bonds. The molecule has 1 aromatic carbocycles. The molecule has 0 atom stereocenters. The van der Waals surface area contributed by atoms with Crippen LogP contribution in [0.2, 0.25) is 0 Å². The van der Waals surface area contributed by atoms with Crippen molar-refractivity contribution in [1.82, 2.24) is 15.8 Å². The third-order valence-corrected chi connectivity index (χ3v) is 5.20. The van der Waals surface area contributed by atoms with Gasteiger partial charge in [0.1, 0.15) is 11.4 Å². The number of H-pyrrole nitrogens is 1. The number of aromatic nitrogens is 1. The fraction of sp³-hybridized carbons (Fsp3) is 0.333. The zero-order chi connectivity index (χ0) is 20.3. The van der Waals surface area contributed by atoms with Crippen LogP contribution < -0.4 is 15.8 Å². The molecule has 2 heterocycles. The minimum atomic E-state index is -0.638. The van der Waals surface area contributed by atoms with E-state index in [1.807, 2.05) is 4.90 Å². The van der Waals surface area contributed by atoms with Gasteiger partial charge in [-0.05, 0) is 52.9 Å². The van der Waals surface area contributed by atoms with Gasteiger partial charge < -0.3 is 9.88 Å². The Hall–Kier alpha value is -2.88. The molecule has 148 valence electrons. The Bertz CT molecular complexity index is 905. The van der Waals surface area contributed by atoms with Crippen LogP contribution in [0.15, 0.2) is 34.9 Å². The van der Waals surface area contributed by atoms with Gasteiger partial charge in [0.2, 0.25) is 0 Å². The summed E-state index contributed by atoms with van der Waals surface area (Å²) in [5.74, 6) is -0.572. The standard InChI is InChI=1S/C18H20BrN5O4/c1-11-4-6-23(7-5-11)15-3-2-12(8-16(15)24(27)28)17(25)21-22-18(26)14-9-13(19)10-20-14/h2-3,8-11,20H,4-7H2,1H3,(H,21,25)(H,22,26). The minimum absolute atomic E-state index is 0.0915. The Morgan fingerprint density at radius 2 is 1.89 bits per heavy atom. The van der Waals surface area contributed by atoms with E-state index in [0.717, 1.165) is 25.9 Å². The van der Waals surface area contributed by atoms with E-state index >= 15 is 0 Å². The average Bonchev–Trinajstić information content (AvgIpc) is 3.12. The van der Waals surface area contributed by atoms with Crippen molar-refractivity contribution in [3.05, 3.63) is 56.3 Å². The van der Waals surface area contributed by atoms with Crippen molar-refractivity contribution in [2.75, 3.05) is 18.0 Å². The van der Waals surface area contributed by atoms with Gasteiger partial charge in [-0.3, -0.25) is 30.6 Å². The topological polar surface area (TPSA) is 120 Å². The molecular weight excluding hydrogens is 430 g/mol. The maximum Gasteiger partial charge on any atom is 0.293 e. The minimum Gasteiger partial charge on any atom is -0.366 e. The first-order valence-corrected chi connectivity index (χ1v) is 9.62. The van der Waals surface area contributed by atoms with Gasteiger partial charge in [0.05, 0.1) is 4.92 Å². The average molecular weight is 450 g/mol. The fourth-order valence-corrected chi connectivity index (χ4v) is 3.42. The number of nitro benzene ring substituents is 1. The Kier molecular flexibility index (Phi) is 5.98. The molecule has 0 spiro atoms. The number of carbonyl (C=O) groups excluding carboxylic acids is 2. The van der Waals surface area contributed by atoms with E-state index < -0.39 is 16.7 Å². The molecule has 10 heteroatoms. The van der Waals surface area contributed by atoms with Crippen LogP contribution in [-0.4, -0.2) is 34.8 Å². The molecule has 0 radical (unpaired) electrons. The van der Waals surface area contributed by atoms with Crippen molar-refractivity contribution in [2.24, 2.45) is 5.92 Å². The highest BCUT2D eigenvalue weighted by molar-refractivity contribution is 9.10. The molecule has 1 saturated heterocycles. The lowest BCUT2D eigenvalue weighted by molar-refractivity contribution is -0.384. The fourth-order valence-electron chi connectivity index (χ4n) is 3.08. The smallest absolute Gasteiger partial charge is 0.293 e. The third-order valence-electron chi connectivity index (χ3n) is 4.74. The number of piperidine rings is 1. The number of hydrazine groups is 1. The number of halogens is 1. The molecule has 28 heavy (non-hydrogen) atoms. The van der Waals surface area contributed by atoms with Crippen LogP contribution in [0.1, 0.15) is 40.6 Å². The van der Waals surface area contributed by atoms with Crippen LogP contribution in [0.5, 0.6) is 0 Å². The summed E-state index contributed by atoms with van der Waals surface area (Å²) in [4.78, 5) is 40.0. The first-order valence-electron chi connectivity index (χ1n) is 8.83. The number of hydrogen-bond acceptors (Lipinski definition) is 5. The Labute approximate surface area is 169 Å². The Morgan fingerprint density at radius 3 is 2.50 bits per heavy atom. The second-order valence-corrected chi connectivity index (χ2v) is 7.69. The number of rotatable bonds is 4. The van der Waals surface area contributed by atoms with Gasteiger partial charge in [0.15, 0.2) is 0 Å². The molecule has 1 aliphatic rings. The van der Waals surface area contributed by atoms with E-state index in [0.29, 0.717) is 16.1 Å². The van der Waals surface area contributed by atoms with Gasteiger partial charge in [-0.25, -0.2) is 0 Å². The molecule has 3 N–H and O–H groups in total. The number of anilines is 1. The third kappa shape index (κ3) is 4.50. The summed E-state index contributed by atoms with van der Waals surface area (Å²) in [6.45, 7) is 3.66. The van der Waals surface area contributed by atoms with Crippen LogP contribution in [0, 0.1) is 16.0 Å². The Balaban J connectivity index is 1.71. The summed E-state index contributed by atoms with van der Waals surface area (Å²) in [6, 6.07) is 5.90. The lowest BCUT2D eigenvalue weighted by atomic mass is 9.98. The zero-order valence-corrected chi connectivity index (χ0v) is 16.8. The SMILES string of the molecule is CC1CCN(c2ccc(C(=O)NNC(=O)c3cc(Br)c[nH]3)cc2[N+](=O)[O-])CC1. The van der Waals surface area contributed by atoms with Crippen molar-refractivity contribution in [1.29, 1.82) is 0 Å². The van der Waals surface area contributed by atoms with E-state index in [9.17, 15) is 19.7 Å². The van der Waals surface area contributed by atoms with E-state index in [4.69, 9.17) is 0 Å². The molecule has 0 bridgehead atoms. The van der Waals surface area contributed by atoms with Crippen LogP contribution >= 0.6 is 15.9 Å². The summed E-state index contributed by atoms with van der Waals surface area (Å²) in [7, 11) is 0. The molecule has 0 unspecified atom stereocenters. The number of nitrogens with one attached hydrogen (secondary N) is 3. The highest BCUT2D eigenvalue weighted by atomic mass is 79.9. The van der Waals surface area contributed by atoms with Gasteiger partial charge in [0, 0.05) is 35.4 Å². The highest BCUT2D eigenvalue weighted by Gasteiger charge is 2.25. The van der Waals surface area contributed by atoms with Crippen LogP contribution in [0.3, 0.4) is 0 Å². The summed E-state index contributed by atoms with van der Waals surface area (Å²) in [5.41, 5.74) is 5.27. The number of carbonyl (C=O) groups is 2. The van der Waals surface area contributed by atoms with Crippen molar-refractivity contribution in [3.8, 4) is 0 Å². The lowest BCUT2D eigenvalue weighted by Crippen LogP contribution is -2.41. The second-order valence-electron chi connectivity index (χ2n) is 6.77. The van der Waals surface area contributed by atoms with Crippen molar-refractivity contribution in [3.63, 3.8) is 0 Å². The van der Waals surface area contributed by atoms with E-state index in [-0.39, 0.29) is 16.9 Å². The highest BCUT2D eigenvalue weighted by Crippen LogP contribution is 2.32. The van der Waals surface area contributed by atoms with Gasteiger partial charge in [-0.15, -0.1) is 0 Å². The molecule has 1 aliphatic heterocycles. The van der Waals surface area contributed by atoms with Crippen LogP contribution in [-0.2, 0) is 0 Å². The normalized spacial score (nSPS) is 14.6. The zero-order valence-electron chi connectivity index (χ0n) is 15.2. The number of amides is 2. The number of nitro groups is 1. The summed E-state index contributed by atoms with van der Waals surface area (Å²) < 4.78 is 0.697. The molecular formula is C18H20BrN5O4. The largest absolute Gasteiger partial charge is 0.366 e. The van der Waals surface area contributed by atoms with Crippen molar-refractivity contribution >= 4 is 39.1 Å². The van der Waals surface area contributed by atoms with E-state index in [2.05, 4.69) is 38.7 Å². The van der Waals surface area contributed by atoms with Gasteiger partial charge >= 0.3 is 0 Å². The van der Waals surface area contributed by atoms with Crippen molar-refractivity contribution < 1.29 is 14.5 Å². The van der Waals surface area contributed by atoms with Crippen LogP contribution in [0.4, 0.5) is 11.4 Å². The molecule has 0 aliphatic carbocycles. The first kappa shape index (κ1) is 19.9. The lowest BCUT2D eigenvalue weighted by Gasteiger charge is -2.31. The number of hydrogen-bond donors (Lipinski definition) is 3. The molecule has 1 aromatic heterocycles.